The number of carbonyl (C=O) groups is 2. The van der Waals surface area contributed by atoms with Gasteiger partial charge in [0.05, 0.1) is 6.04 Å². The Morgan fingerprint density at radius 3 is 2.58 bits per heavy atom. The van der Waals surface area contributed by atoms with Crippen LogP contribution < -0.4 is 16.6 Å². The van der Waals surface area contributed by atoms with Gasteiger partial charge in [0.2, 0.25) is 0 Å². The molecular formula is C16H17N3O5. The van der Waals surface area contributed by atoms with E-state index >= 15 is 0 Å². The highest BCUT2D eigenvalue weighted by atomic mass is 16.5. The molecule has 2 N–H and O–H groups in total. The molecule has 0 aliphatic heterocycles. The third-order valence-corrected chi connectivity index (χ3v) is 3.24. The molecule has 0 saturated heterocycles. The lowest BCUT2D eigenvalue weighted by molar-refractivity contribution is -0.149. The Bertz CT molecular complexity index is 825. The van der Waals surface area contributed by atoms with Gasteiger partial charge in [-0.15, -0.1) is 0 Å². The lowest BCUT2D eigenvalue weighted by atomic mass is 10.1. The summed E-state index contributed by atoms with van der Waals surface area (Å²) in [4.78, 5) is 47.8. The van der Waals surface area contributed by atoms with E-state index in [2.05, 4.69) is 5.32 Å². The fourth-order valence-corrected chi connectivity index (χ4v) is 2.01. The molecule has 2 aromatic rings. The number of carbonyl (C=O) groups excluding carboxylic acids is 2. The zero-order valence-corrected chi connectivity index (χ0v) is 13.0. The van der Waals surface area contributed by atoms with Crippen LogP contribution in [0.1, 0.15) is 18.5 Å². The number of benzene rings is 1. The molecule has 126 valence electrons. The number of nitrogens with zero attached hydrogens (tertiary/aromatic N) is 1. The normalized spacial score (nSPS) is 11.5. The molecule has 0 fully saturated rings. The van der Waals surface area contributed by atoms with Crippen molar-refractivity contribution in [1.29, 1.82) is 0 Å². The molecule has 0 bridgehead atoms. The Morgan fingerprint density at radius 1 is 1.21 bits per heavy atom. The molecule has 0 spiro atoms. The van der Waals surface area contributed by atoms with Crippen molar-refractivity contribution in [2.24, 2.45) is 0 Å². The number of nitrogens with one attached hydrogen (secondary N) is 2. The first kappa shape index (κ1) is 17.2. The molecule has 1 aromatic carbocycles. The van der Waals surface area contributed by atoms with E-state index in [-0.39, 0.29) is 6.04 Å². The molecular weight excluding hydrogens is 314 g/mol. The highest BCUT2D eigenvalue weighted by Gasteiger charge is 2.12. The van der Waals surface area contributed by atoms with Crippen molar-refractivity contribution in [3.05, 3.63) is 69.0 Å². The van der Waals surface area contributed by atoms with Gasteiger partial charge in [0.15, 0.2) is 6.61 Å². The Labute approximate surface area is 137 Å². The van der Waals surface area contributed by atoms with Crippen LogP contribution in [0.5, 0.6) is 0 Å². The first-order valence-electron chi connectivity index (χ1n) is 7.25. The van der Waals surface area contributed by atoms with Crippen LogP contribution in [-0.2, 0) is 20.9 Å². The van der Waals surface area contributed by atoms with Gasteiger partial charge in [-0.3, -0.25) is 23.9 Å². The number of aromatic nitrogens is 2. The molecule has 8 nitrogen and oxygen atoms in total. The Morgan fingerprint density at radius 2 is 1.92 bits per heavy atom. The average Bonchev–Trinajstić information content (AvgIpc) is 2.56. The zero-order chi connectivity index (χ0) is 17.5. The number of hydrogen-bond donors (Lipinski definition) is 2. The largest absolute Gasteiger partial charge is 0.454 e. The summed E-state index contributed by atoms with van der Waals surface area (Å²) in [6.07, 6.45) is 1.18. The maximum absolute atomic E-state index is 11.8. The second-order valence-corrected chi connectivity index (χ2v) is 5.10. The third kappa shape index (κ3) is 4.94. The summed E-state index contributed by atoms with van der Waals surface area (Å²) in [5, 5.41) is 2.70. The number of hydrogen-bond acceptors (Lipinski definition) is 5. The molecule has 1 amide bonds. The van der Waals surface area contributed by atoms with Crippen LogP contribution in [0.3, 0.4) is 0 Å². The smallest absolute Gasteiger partial charge is 0.328 e. The van der Waals surface area contributed by atoms with Crippen LogP contribution in [0.25, 0.3) is 0 Å². The van der Waals surface area contributed by atoms with Crippen molar-refractivity contribution >= 4 is 11.9 Å². The van der Waals surface area contributed by atoms with Crippen molar-refractivity contribution in [2.75, 3.05) is 6.61 Å². The predicted octanol–water partition coefficient (Wildman–Crippen LogP) is -0.0428. The van der Waals surface area contributed by atoms with Gasteiger partial charge < -0.3 is 10.1 Å². The third-order valence-electron chi connectivity index (χ3n) is 3.24. The number of ether oxygens (including phenoxy) is 1. The maximum Gasteiger partial charge on any atom is 0.328 e. The number of aromatic amines is 1. The van der Waals surface area contributed by atoms with E-state index in [4.69, 9.17) is 4.74 Å². The molecule has 24 heavy (non-hydrogen) atoms. The minimum atomic E-state index is -0.758. The van der Waals surface area contributed by atoms with Crippen LogP contribution >= 0.6 is 0 Å². The van der Waals surface area contributed by atoms with Gasteiger partial charge in [0, 0.05) is 12.3 Å². The summed E-state index contributed by atoms with van der Waals surface area (Å²) in [7, 11) is 0. The maximum atomic E-state index is 11.8. The molecule has 1 aromatic heterocycles. The first-order valence-corrected chi connectivity index (χ1v) is 7.25. The number of H-pyrrole nitrogens is 1. The lowest BCUT2D eigenvalue weighted by Gasteiger charge is -2.14. The minimum absolute atomic E-state index is 0.223. The second-order valence-electron chi connectivity index (χ2n) is 5.10. The van der Waals surface area contributed by atoms with E-state index in [9.17, 15) is 19.2 Å². The summed E-state index contributed by atoms with van der Waals surface area (Å²) in [5.74, 6) is -1.21. The highest BCUT2D eigenvalue weighted by Crippen LogP contribution is 2.10. The molecule has 1 heterocycles. The summed E-state index contributed by atoms with van der Waals surface area (Å²) >= 11 is 0. The average molecular weight is 331 g/mol. The molecule has 1 unspecified atom stereocenters. The van der Waals surface area contributed by atoms with Crippen LogP contribution in [0.2, 0.25) is 0 Å². The van der Waals surface area contributed by atoms with Crippen LogP contribution in [0.4, 0.5) is 0 Å². The van der Waals surface area contributed by atoms with Crippen LogP contribution in [0, 0.1) is 0 Å². The van der Waals surface area contributed by atoms with Crippen molar-refractivity contribution in [1.82, 2.24) is 14.9 Å². The first-order chi connectivity index (χ1) is 11.5. The van der Waals surface area contributed by atoms with E-state index in [1.165, 1.54) is 6.20 Å². The van der Waals surface area contributed by atoms with E-state index in [1.54, 1.807) is 0 Å². The van der Waals surface area contributed by atoms with E-state index in [1.807, 2.05) is 42.2 Å². The Kier molecular flexibility index (Phi) is 5.67. The number of amides is 1. The quantitative estimate of drug-likeness (QED) is 0.722. The SMILES string of the molecule is CC(NC(=O)COC(=O)Cn1ccc(=O)[nH]c1=O)c1ccccc1. The molecule has 8 heteroatoms. The van der Waals surface area contributed by atoms with Gasteiger partial charge in [-0.1, -0.05) is 30.3 Å². The summed E-state index contributed by atoms with van der Waals surface area (Å²) in [5.41, 5.74) is -0.350. The van der Waals surface area contributed by atoms with Gasteiger partial charge in [0.1, 0.15) is 6.54 Å². The lowest BCUT2D eigenvalue weighted by Crippen LogP contribution is -2.34. The van der Waals surface area contributed by atoms with Gasteiger partial charge in [0.25, 0.3) is 11.5 Å². The molecule has 0 aliphatic carbocycles. The van der Waals surface area contributed by atoms with Crippen LogP contribution in [0.15, 0.2) is 52.2 Å². The summed E-state index contributed by atoms with van der Waals surface area (Å²) < 4.78 is 5.81. The molecule has 0 radical (unpaired) electrons. The molecule has 0 saturated carbocycles. The van der Waals surface area contributed by atoms with Crippen molar-refractivity contribution < 1.29 is 14.3 Å². The fourth-order valence-electron chi connectivity index (χ4n) is 2.01. The minimum Gasteiger partial charge on any atom is -0.454 e. The summed E-state index contributed by atoms with van der Waals surface area (Å²) in [6.45, 7) is 0.972. The van der Waals surface area contributed by atoms with E-state index in [0.717, 1.165) is 16.2 Å². The monoisotopic (exact) mass is 331 g/mol. The number of esters is 1. The van der Waals surface area contributed by atoms with E-state index in [0.29, 0.717) is 0 Å². The highest BCUT2D eigenvalue weighted by molar-refractivity contribution is 5.80. The van der Waals surface area contributed by atoms with Crippen LogP contribution in [-0.4, -0.2) is 28.0 Å². The predicted molar refractivity (Wildman–Crippen MR) is 85.3 cm³/mol. The fraction of sp³-hybridized carbons (Fsp3) is 0.250. The van der Waals surface area contributed by atoms with Gasteiger partial charge in [-0.05, 0) is 12.5 Å². The summed E-state index contributed by atoms with van der Waals surface area (Å²) in [6, 6.07) is 10.2. The van der Waals surface area contributed by atoms with Crippen molar-refractivity contribution in [3.63, 3.8) is 0 Å². The standard InChI is InChI=1S/C16H17N3O5/c1-11(12-5-3-2-4-6-12)17-14(21)10-24-15(22)9-19-8-7-13(20)18-16(19)23/h2-8,11H,9-10H2,1H3,(H,17,21)(H,18,20,23). The van der Waals surface area contributed by atoms with Crippen molar-refractivity contribution in [2.45, 2.75) is 19.5 Å². The Hall–Kier alpha value is -3.16. The van der Waals surface area contributed by atoms with Gasteiger partial charge in [-0.25, -0.2) is 4.79 Å². The Balaban J connectivity index is 1.82. The molecule has 1 atom stereocenters. The van der Waals surface area contributed by atoms with Gasteiger partial charge >= 0.3 is 11.7 Å². The topological polar surface area (TPSA) is 110 Å². The van der Waals surface area contributed by atoms with Gasteiger partial charge in [-0.2, -0.15) is 0 Å². The number of rotatable bonds is 6. The second kappa shape index (κ2) is 7.91. The van der Waals surface area contributed by atoms with E-state index < -0.39 is 36.3 Å². The molecule has 2 rings (SSSR count). The molecule has 0 aliphatic rings. The van der Waals surface area contributed by atoms with Crippen molar-refractivity contribution in [3.8, 4) is 0 Å². The zero-order valence-electron chi connectivity index (χ0n) is 13.0.